The van der Waals surface area contributed by atoms with Gasteiger partial charge in [0.25, 0.3) is 0 Å². The molecule has 0 radical (unpaired) electrons. The summed E-state index contributed by atoms with van der Waals surface area (Å²) in [5.41, 5.74) is 1.58. The SMILES string of the molecule is COC(=O)c1c(-c2c(Cl)cccc2Cl)noc1-c1ccccc1. The molecule has 0 unspecified atom stereocenters. The van der Waals surface area contributed by atoms with Crippen LogP contribution in [0, 0.1) is 0 Å². The van der Waals surface area contributed by atoms with Crippen LogP contribution in [0.4, 0.5) is 0 Å². The van der Waals surface area contributed by atoms with Gasteiger partial charge in [-0.05, 0) is 12.1 Å². The summed E-state index contributed by atoms with van der Waals surface area (Å²) in [7, 11) is 1.29. The summed E-state index contributed by atoms with van der Waals surface area (Å²) < 4.78 is 10.3. The molecule has 0 spiro atoms. The lowest BCUT2D eigenvalue weighted by Crippen LogP contribution is -2.04. The fraction of sp³-hybridized carbons (Fsp3) is 0.0588. The molecule has 4 nitrogen and oxygen atoms in total. The van der Waals surface area contributed by atoms with Gasteiger partial charge in [0.1, 0.15) is 11.3 Å². The minimum absolute atomic E-state index is 0.189. The maximum atomic E-state index is 12.3. The smallest absolute Gasteiger partial charge is 0.344 e. The highest BCUT2D eigenvalue weighted by molar-refractivity contribution is 6.39. The average molecular weight is 348 g/mol. The molecule has 2 aromatic carbocycles. The fourth-order valence-corrected chi connectivity index (χ4v) is 2.84. The maximum Gasteiger partial charge on any atom is 0.344 e. The van der Waals surface area contributed by atoms with Crippen molar-refractivity contribution in [1.29, 1.82) is 0 Å². The summed E-state index contributed by atoms with van der Waals surface area (Å²) in [4.78, 5) is 12.3. The van der Waals surface area contributed by atoms with Gasteiger partial charge in [0, 0.05) is 11.1 Å². The van der Waals surface area contributed by atoms with Crippen LogP contribution in [0.5, 0.6) is 0 Å². The first kappa shape index (κ1) is 15.6. The Morgan fingerprint density at radius 2 is 1.70 bits per heavy atom. The van der Waals surface area contributed by atoms with Crippen LogP contribution < -0.4 is 0 Å². The third-order valence-corrected chi connectivity index (χ3v) is 3.95. The molecule has 0 aliphatic heterocycles. The number of carbonyl (C=O) groups is 1. The van der Waals surface area contributed by atoms with Crippen LogP contribution in [0.2, 0.25) is 10.0 Å². The second kappa shape index (κ2) is 6.44. The second-order valence-electron chi connectivity index (χ2n) is 4.69. The Morgan fingerprint density at radius 3 is 2.30 bits per heavy atom. The lowest BCUT2D eigenvalue weighted by atomic mass is 10.0. The number of hydrogen-bond acceptors (Lipinski definition) is 4. The molecule has 0 bridgehead atoms. The van der Waals surface area contributed by atoms with Crippen LogP contribution in [0.25, 0.3) is 22.6 Å². The lowest BCUT2D eigenvalue weighted by molar-refractivity contribution is 0.0602. The molecule has 6 heteroatoms. The molecule has 1 aromatic heterocycles. The second-order valence-corrected chi connectivity index (χ2v) is 5.50. The zero-order valence-corrected chi connectivity index (χ0v) is 13.6. The number of methoxy groups -OCH3 is 1. The molecule has 0 fully saturated rings. The maximum absolute atomic E-state index is 12.3. The monoisotopic (exact) mass is 347 g/mol. The quantitative estimate of drug-likeness (QED) is 0.618. The van der Waals surface area contributed by atoms with E-state index in [2.05, 4.69) is 5.16 Å². The fourth-order valence-electron chi connectivity index (χ4n) is 2.26. The summed E-state index contributed by atoms with van der Waals surface area (Å²) in [6, 6.07) is 14.2. The molecule has 0 amide bonds. The third-order valence-electron chi connectivity index (χ3n) is 3.32. The van der Waals surface area contributed by atoms with E-state index >= 15 is 0 Å². The number of nitrogens with zero attached hydrogens (tertiary/aromatic N) is 1. The van der Waals surface area contributed by atoms with Gasteiger partial charge in [-0.3, -0.25) is 0 Å². The van der Waals surface area contributed by atoms with E-state index in [-0.39, 0.29) is 11.3 Å². The first-order valence-electron chi connectivity index (χ1n) is 6.71. The number of halogens is 2. The topological polar surface area (TPSA) is 52.3 Å². The summed E-state index contributed by atoms with van der Waals surface area (Å²) in [5.74, 6) is -0.264. The lowest BCUT2D eigenvalue weighted by Gasteiger charge is -2.06. The number of hydrogen-bond donors (Lipinski definition) is 0. The van der Waals surface area contributed by atoms with E-state index in [4.69, 9.17) is 32.5 Å². The average Bonchev–Trinajstić information content (AvgIpc) is 2.99. The molecule has 1 heterocycles. The molecule has 3 rings (SSSR count). The Bertz CT molecular complexity index is 839. The number of esters is 1. The normalized spacial score (nSPS) is 10.6. The number of ether oxygens (including phenoxy) is 1. The summed E-state index contributed by atoms with van der Waals surface area (Å²) in [5, 5.41) is 4.75. The minimum Gasteiger partial charge on any atom is -0.465 e. The van der Waals surface area contributed by atoms with E-state index in [1.54, 1.807) is 18.2 Å². The van der Waals surface area contributed by atoms with Crippen LogP contribution in [0.1, 0.15) is 10.4 Å². The van der Waals surface area contributed by atoms with Gasteiger partial charge in [-0.25, -0.2) is 4.79 Å². The van der Waals surface area contributed by atoms with E-state index in [0.717, 1.165) is 0 Å². The van der Waals surface area contributed by atoms with Crippen LogP contribution in [0.3, 0.4) is 0 Å². The predicted octanol–water partition coefficient (Wildman–Crippen LogP) is 5.10. The van der Waals surface area contributed by atoms with Crippen LogP contribution in [-0.4, -0.2) is 18.2 Å². The van der Waals surface area contributed by atoms with Crippen molar-refractivity contribution in [2.45, 2.75) is 0 Å². The van der Waals surface area contributed by atoms with E-state index in [1.165, 1.54) is 7.11 Å². The van der Waals surface area contributed by atoms with Crippen molar-refractivity contribution in [1.82, 2.24) is 5.16 Å². The van der Waals surface area contributed by atoms with E-state index < -0.39 is 5.97 Å². The van der Waals surface area contributed by atoms with Gasteiger partial charge >= 0.3 is 5.97 Å². The van der Waals surface area contributed by atoms with Crippen molar-refractivity contribution in [2.75, 3.05) is 7.11 Å². The van der Waals surface area contributed by atoms with Gasteiger partial charge in [-0.15, -0.1) is 0 Å². The summed E-state index contributed by atoms with van der Waals surface area (Å²) >= 11 is 12.4. The largest absolute Gasteiger partial charge is 0.465 e. The summed E-state index contributed by atoms with van der Waals surface area (Å²) in [6.07, 6.45) is 0. The number of carbonyl (C=O) groups excluding carboxylic acids is 1. The number of benzene rings is 2. The van der Waals surface area contributed by atoms with Crippen molar-refractivity contribution < 1.29 is 14.1 Å². The molecule has 0 N–H and O–H groups in total. The zero-order valence-electron chi connectivity index (χ0n) is 12.0. The Labute approximate surface area is 142 Å². The molecule has 0 aliphatic carbocycles. The summed E-state index contributed by atoms with van der Waals surface area (Å²) in [6.45, 7) is 0. The van der Waals surface area contributed by atoms with Gasteiger partial charge in [0.2, 0.25) is 0 Å². The van der Waals surface area contributed by atoms with Gasteiger partial charge in [0.15, 0.2) is 5.76 Å². The highest BCUT2D eigenvalue weighted by Gasteiger charge is 2.28. The molecule has 0 saturated heterocycles. The third kappa shape index (κ3) is 2.83. The van der Waals surface area contributed by atoms with Crippen molar-refractivity contribution in [3.63, 3.8) is 0 Å². The zero-order chi connectivity index (χ0) is 16.4. The van der Waals surface area contributed by atoms with Crippen LogP contribution >= 0.6 is 23.2 Å². The van der Waals surface area contributed by atoms with Crippen molar-refractivity contribution in [3.8, 4) is 22.6 Å². The molecule has 116 valence electrons. The Balaban J connectivity index is 2.27. The van der Waals surface area contributed by atoms with Crippen LogP contribution in [0.15, 0.2) is 53.1 Å². The first-order valence-corrected chi connectivity index (χ1v) is 7.47. The van der Waals surface area contributed by atoms with Crippen LogP contribution in [-0.2, 0) is 4.74 Å². The molecular formula is C17H11Cl2NO3. The Hall–Kier alpha value is -2.30. The minimum atomic E-state index is -0.573. The Kier molecular flexibility index (Phi) is 4.37. The molecule has 23 heavy (non-hydrogen) atoms. The van der Waals surface area contributed by atoms with Crippen molar-refractivity contribution in [2.24, 2.45) is 0 Å². The standard InChI is InChI=1S/C17H11Cl2NO3/c1-22-17(21)14-15(13-11(18)8-5-9-12(13)19)20-23-16(14)10-6-3-2-4-7-10/h2-9H,1H3. The number of aromatic nitrogens is 1. The van der Waals surface area contributed by atoms with Crippen molar-refractivity contribution >= 4 is 29.2 Å². The van der Waals surface area contributed by atoms with E-state index in [1.807, 2.05) is 30.3 Å². The number of rotatable bonds is 3. The molecule has 3 aromatic rings. The predicted molar refractivity (Wildman–Crippen MR) is 88.7 cm³/mol. The molecule has 0 saturated carbocycles. The highest BCUT2D eigenvalue weighted by atomic mass is 35.5. The van der Waals surface area contributed by atoms with Gasteiger partial charge in [0.05, 0.1) is 17.2 Å². The van der Waals surface area contributed by atoms with Gasteiger partial charge in [-0.2, -0.15) is 0 Å². The van der Waals surface area contributed by atoms with Gasteiger partial charge in [-0.1, -0.05) is 64.8 Å². The Morgan fingerprint density at radius 1 is 1.04 bits per heavy atom. The first-order chi connectivity index (χ1) is 11.1. The van der Waals surface area contributed by atoms with E-state index in [9.17, 15) is 4.79 Å². The molecular weight excluding hydrogens is 337 g/mol. The van der Waals surface area contributed by atoms with E-state index in [0.29, 0.717) is 26.9 Å². The molecule has 0 atom stereocenters. The highest BCUT2D eigenvalue weighted by Crippen LogP contribution is 2.39. The molecule has 0 aliphatic rings. The van der Waals surface area contributed by atoms with Crippen molar-refractivity contribution in [3.05, 3.63) is 64.1 Å². The van der Waals surface area contributed by atoms with Gasteiger partial charge < -0.3 is 9.26 Å².